The van der Waals surface area contributed by atoms with E-state index >= 15 is 0 Å². The molecule has 10 nitrogen and oxygen atoms in total. The number of pyridine rings is 1. The fraction of sp³-hybridized carbons (Fsp3) is 0.581. The van der Waals surface area contributed by atoms with Gasteiger partial charge in [0.25, 0.3) is 6.01 Å². The van der Waals surface area contributed by atoms with E-state index < -0.39 is 51.0 Å². The average molecular weight is 743 g/mol. The average Bonchev–Trinajstić information content (AvgIpc) is 3.49. The summed E-state index contributed by atoms with van der Waals surface area (Å²) >= 11 is 10.5. The molecule has 0 aliphatic carbocycles. The number of carboxylic acids is 1. The zero-order valence-electron chi connectivity index (χ0n) is 27.5. The number of H-pyrrole nitrogens is 1. The quantitative estimate of drug-likeness (QED) is 0.134. The molecule has 3 atom stereocenters. The molecule has 1 saturated heterocycles. The van der Waals surface area contributed by atoms with Gasteiger partial charge in [0.1, 0.15) is 6.10 Å². The summed E-state index contributed by atoms with van der Waals surface area (Å²) < 4.78 is 25.4. The predicted molar refractivity (Wildman–Crippen MR) is 184 cm³/mol. The molecule has 1 aliphatic rings. The molecule has 14 heteroatoms. The Balaban J connectivity index is 1.72. The van der Waals surface area contributed by atoms with E-state index in [0.29, 0.717) is 34.1 Å². The number of hydrogen-bond donors (Lipinski definition) is 3. The van der Waals surface area contributed by atoms with E-state index in [-0.39, 0.29) is 19.2 Å². The fourth-order valence-electron chi connectivity index (χ4n) is 5.44. The smallest absolute Gasteiger partial charge is 0.347 e. The Hall–Kier alpha value is -1.85. The van der Waals surface area contributed by atoms with Gasteiger partial charge in [0, 0.05) is 40.4 Å². The standard InChI is InChI=1S/C31H45BrClN3O7Si2/c1-30(2,3)45(39,31(4,5)6)43-25-21(17-41-26(25)28(37)38)42-29-35-24-20(16-40-14-15-44(7,8)9)22(33)23(34-27(24)36-29)18-10-12-19(32)13-11-18/h10-13,21,25-26,39H,14-17H2,1-9H3,(H,37,38)(H,34,35,36)/t21-,25+,26+/m1/s1. The number of nitrogens with zero attached hydrogens (tertiary/aromatic N) is 2. The lowest BCUT2D eigenvalue weighted by Crippen LogP contribution is -2.60. The monoisotopic (exact) mass is 741 g/mol. The number of halogens is 2. The van der Waals surface area contributed by atoms with Crippen molar-refractivity contribution < 1.29 is 33.3 Å². The second kappa shape index (κ2) is 13.3. The molecule has 1 aliphatic heterocycles. The van der Waals surface area contributed by atoms with Crippen molar-refractivity contribution in [1.82, 2.24) is 15.0 Å². The molecular formula is C31H45BrClN3O7Si2. The third-order valence-electron chi connectivity index (χ3n) is 7.97. The minimum absolute atomic E-state index is 0.0670. The number of aromatic amines is 1. The number of hydrogen-bond acceptors (Lipinski definition) is 8. The van der Waals surface area contributed by atoms with Gasteiger partial charge in [0.2, 0.25) is 0 Å². The molecule has 0 unspecified atom stereocenters. The van der Waals surface area contributed by atoms with Crippen LogP contribution in [0.4, 0.5) is 0 Å². The molecule has 4 rings (SSSR count). The zero-order valence-corrected chi connectivity index (χ0v) is 31.8. The molecule has 1 aromatic carbocycles. The molecule has 248 valence electrons. The first-order valence-corrected chi connectivity index (χ1v) is 21.8. The first-order chi connectivity index (χ1) is 20.7. The van der Waals surface area contributed by atoms with Crippen LogP contribution in [-0.2, 0) is 25.3 Å². The van der Waals surface area contributed by atoms with Gasteiger partial charge >= 0.3 is 14.5 Å². The largest absolute Gasteiger partial charge is 0.479 e. The van der Waals surface area contributed by atoms with Gasteiger partial charge in [0.05, 0.1) is 29.4 Å². The molecule has 0 saturated carbocycles. The number of aliphatic carboxylic acids is 1. The van der Waals surface area contributed by atoms with Crippen molar-refractivity contribution >= 4 is 61.3 Å². The maximum atomic E-state index is 12.2. The minimum atomic E-state index is -3.59. The topological polar surface area (TPSA) is 136 Å². The second-order valence-electron chi connectivity index (χ2n) is 14.8. The Morgan fingerprint density at radius 1 is 1.11 bits per heavy atom. The van der Waals surface area contributed by atoms with Gasteiger partial charge in [-0.2, -0.15) is 4.98 Å². The second-order valence-corrected chi connectivity index (χ2v) is 26.3. The Morgan fingerprint density at radius 3 is 2.29 bits per heavy atom. The summed E-state index contributed by atoms with van der Waals surface area (Å²) in [7, 11) is -4.90. The number of ether oxygens (including phenoxy) is 3. The van der Waals surface area contributed by atoms with E-state index in [1.807, 2.05) is 65.8 Å². The van der Waals surface area contributed by atoms with Crippen LogP contribution in [0.3, 0.4) is 0 Å². The summed E-state index contributed by atoms with van der Waals surface area (Å²) in [6.45, 7) is 19.1. The van der Waals surface area contributed by atoms with E-state index in [2.05, 4.69) is 45.5 Å². The highest BCUT2D eigenvalue weighted by Gasteiger charge is 2.60. The number of carbonyl (C=O) groups is 1. The van der Waals surface area contributed by atoms with Crippen molar-refractivity contribution in [2.75, 3.05) is 13.2 Å². The van der Waals surface area contributed by atoms with E-state index in [0.717, 1.165) is 16.1 Å². The highest BCUT2D eigenvalue weighted by molar-refractivity contribution is 9.10. The van der Waals surface area contributed by atoms with Gasteiger partial charge in [0.15, 0.2) is 17.9 Å². The van der Waals surface area contributed by atoms with Gasteiger partial charge in [-0.3, -0.25) is 0 Å². The number of nitrogens with one attached hydrogen (secondary N) is 1. The van der Waals surface area contributed by atoms with Crippen LogP contribution < -0.4 is 4.74 Å². The summed E-state index contributed by atoms with van der Waals surface area (Å²) in [5, 5.41) is 9.15. The summed E-state index contributed by atoms with van der Waals surface area (Å²) in [4.78, 5) is 36.8. The lowest BCUT2D eigenvalue weighted by Gasteiger charge is -2.47. The van der Waals surface area contributed by atoms with Crippen molar-refractivity contribution in [2.45, 2.75) is 102 Å². The molecule has 3 heterocycles. The van der Waals surface area contributed by atoms with Gasteiger partial charge in [-0.15, -0.1) is 0 Å². The number of carboxylic acid groups (broad SMARTS) is 1. The lowest BCUT2D eigenvalue weighted by atomic mass is 10.1. The van der Waals surface area contributed by atoms with Crippen LogP contribution in [0.2, 0.25) is 40.8 Å². The first kappa shape index (κ1) is 36.0. The molecule has 3 aromatic rings. The number of rotatable bonds is 11. The van der Waals surface area contributed by atoms with Crippen molar-refractivity contribution in [2.24, 2.45) is 0 Å². The molecule has 45 heavy (non-hydrogen) atoms. The summed E-state index contributed by atoms with van der Waals surface area (Å²) in [6.07, 6.45) is -3.27. The Morgan fingerprint density at radius 2 is 1.73 bits per heavy atom. The van der Waals surface area contributed by atoms with Crippen molar-refractivity contribution in [1.29, 1.82) is 0 Å². The lowest BCUT2D eigenvalue weighted by molar-refractivity contribution is -0.151. The Bertz CT molecular complexity index is 1500. The van der Waals surface area contributed by atoms with E-state index in [1.165, 1.54) is 0 Å². The van der Waals surface area contributed by atoms with Crippen LogP contribution in [-0.4, -0.2) is 79.0 Å². The normalized spacial score (nSPS) is 19.8. The Kier molecular flexibility index (Phi) is 10.7. The summed E-state index contributed by atoms with van der Waals surface area (Å²) in [5.41, 5.74) is 3.00. The molecular weight excluding hydrogens is 698 g/mol. The van der Waals surface area contributed by atoms with Crippen LogP contribution in [0.15, 0.2) is 28.7 Å². The first-order valence-electron chi connectivity index (χ1n) is 15.0. The molecule has 0 bridgehead atoms. The van der Waals surface area contributed by atoms with E-state index in [9.17, 15) is 14.7 Å². The molecule has 0 amide bonds. The van der Waals surface area contributed by atoms with Crippen molar-refractivity contribution in [3.8, 4) is 17.3 Å². The number of aromatic nitrogens is 3. The number of benzene rings is 1. The SMILES string of the molecule is CC(C)(C)[Si](O)(O[C@@H]1[C@@H](C(=O)O)OC[C@H]1Oc1nc2nc(-c3ccc(Br)cc3)c(Cl)c(COCC[Si](C)(C)C)c2[nH]1)C(C)(C)C. The maximum Gasteiger partial charge on any atom is 0.347 e. The molecule has 3 N–H and O–H groups in total. The van der Waals surface area contributed by atoms with Crippen molar-refractivity contribution in [3.63, 3.8) is 0 Å². The van der Waals surface area contributed by atoms with Gasteiger partial charge in [-0.1, -0.05) is 101 Å². The van der Waals surface area contributed by atoms with Gasteiger partial charge in [-0.25, -0.2) is 9.78 Å². The number of fused-ring (bicyclic) bond motifs is 1. The third kappa shape index (κ3) is 8.00. The van der Waals surface area contributed by atoms with Crippen LogP contribution in [0.1, 0.15) is 47.1 Å². The van der Waals surface area contributed by atoms with Gasteiger partial charge < -0.3 is 33.5 Å². The molecule has 2 aromatic heterocycles. The van der Waals surface area contributed by atoms with Crippen LogP contribution >= 0.6 is 27.5 Å². The van der Waals surface area contributed by atoms with Crippen LogP contribution in [0.5, 0.6) is 6.01 Å². The molecule has 0 radical (unpaired) electrons. The predicted octanol–water partition coefficient (Wildman–Crippen LogP) is 7.55. The summed E-state index contributed by atoms with van der Waals surface area (Å²) in [6, 6.07) is 8.78. The number of imidazole rings is 1. The van der Waals surface area contributed by atoms with E-state index in [1.54, 1.807) is 0 Å². The highest BCUT2D eigenvalue weighted by Crippen LogP contribution is 2.51. The zero-order chi connectivity index (χ0) is 33.5. The summed E-state index contributed by atoms with van der Waals surface area (Å²) in [5.74, 6) is -1.19. The van der Waals surface area contributed by atoms with Crippen molar-refractivity contribution in [3.05, 3.63) is 39.3 Å². The van der Waals surface area contributed by atoms with Crippen LogP contribution in [0, 0.1) is 0 Å². The minimum Gasteiger partial charge on any atom is -0.479 e. The maximum absolute atomic E-state index is 12.2. The fourth-order valence-corrected chi connectivity index (χ4v) is 10.4. The Labute approximate surface area is 280 Å². The van der Waals surface area contributed by atoms with E-state index in [4.69, 9.17) is 35.2 Å². The van der Waals surface area contributed by atoms with Gasteiger partial charge in [-0.05, 0) is 18.2 Å². The molecule has 0 spiro atoms. The third-order valence-corrected chi connectivity index (χ3v) is 15.3. The highest BCUT2D eigenvalue weighted by atomic mass is 79.9. The molecule has 1 fully saturated rings. The van der Waals surface area contributed by atoms with Crippen LogP contribution in [0.25, 0.3) is 22.4 Å².